The van der Waals surface area contributed by atoms with Crippen molar-refractivity contribution in [3.05, 3.63) is 30.1 Å². The van der Waals surface area contributed by atoms with E-state index in [2.05, 4.69) is 29.1 Å². The monoisotopic (exact) mass is 364 g/mol. The number of carbonyl (C=O) groups excluding carboxylic acids is 1. The van der Waals surface area contributed by atoms with Crippen LogP contribution in [-0.2, 0) is 0 Å². The van der Waals surface area contributed by atoms with Crippen molar-refractivity contribution in [2.45, 2.75) is 25.5 Å². The van der Waals surface area contributed by atoms with Crippen LogP contribution in [0.1, 0.15) is 13.3 Å². The van der Waals surface area contributed by atoms with Crippen molar-refractivity contribution >= 4 is 6.03 Å². The van der Waals surface area contributed by atoms with Gasteiger partial charge in [0.05, 0.1) is 13.1 Å². The lowest BCUT2D eigenvalue weighted by molar-refractivity contribution is 0.0429. The lowest BCUT2D eigenvalue weighted by atomic mass is 10.1. The fourth-order valence-corrected chi connectivity index (χ4v) is 3.42. The molecule has 144 valence electrons. The third-order valence-corrected chi connectivity index (χ3v) is 5.27. The number of hydrogen-bond acceptors (Lipinski definition) is 4. The minimum atomic E-state index is -0.280. The predicted molar refractivity (Wildman–Crippen MR) is 98.9 cm³/mol. The van der Waals surface area contributed by atoms with Gasteiger partial charge in [-0.1, -0.05) is 6.92 Å². The summed E-state index contributed by atoms with van der Waals surface area (Å²) >= 11 is 0. The Morgan fingerprint density at radius 1 is 1.23 bits per heavy atom. The number of amides is 2. The molecule has 3 rings (SSSR count). The number of benzene rings is 1. The van der Waals surface area contributed by atoms with E-state index in [1.54, 1.807) is 17.0 Å². The lowest BCUT2D eigenvalue weighted by Crippen LogP contribution is -2.60. The van der Waals surface area contributed by atoms with E-state index in [0.717, 1.165) is 32.6 Å². The summed E-state index contributed by atoms with van der Waals surface area (Å²) in [5, 5.41) is 3.06. The van der Waals surface area contributed by atoms with Crippen LogP contribution in [0.15, 0.2) is 24.3 Å². The van der Waals surface area contributed by atoms with Crippen molar-refractivity contribution < 1.29 is 13.9 Å². The molecule has 1 aromatic carbocycles. The number of nitrogens with one attached hydrogen (secondary N) is 1. The van der Waals surface area contributed by atoms with Crippen LogP contribution in [0.4, 0.5) is 9.18 Å². The number of rotatable bonds is 6. The van der Waals surface area contributed by atoms with Gasteiger partial charge >= 0.3 is 6.03 Å². The topological polar surface area (TPSA) is 48.1 Å². The van der Waals surface area contributed by atoms with E-state index in [1.165, 1.54) is 12.1 Å². The fourth-order valence-electron chi connectivity index (χ4n) is 3.42. The summed E-state index contributed by atoms with van der Waals surface area (Å²) < 4.78 is 18.6. The molecule has 0 spiro atoms. The Balaban J connectivity index is 1.37. The Bertz CT molecular complexity index is 584. The molecule has 2 fully saturated rings. The minimum absolute atomic E-state index is 0.0224. The van der Waals surface area contributed by atoms with Gasteiger partial charge in [0.15, 0.2) is 0 Å². The highest BCUT2D eigenvalue weighted by Gasteiger charge is 2.32. The molecule has 1 aromatic rings. The molecule has 2 aliphatic heterocycles. The molecule has 2 heterocycles. The zero-order valence-corrected chi connectivity index (χ0v) is 15.7. The van der Waals surface area contributed by atoms with Gasteiger partial charge in [-0.3, -0.25) is 4.90 Å². The third-order valence-electron chi connectivity index (χ3n) is 5.27. The van der Waals surface area contributed by atoms with Crippen molar-refractivity contribution in [3.63, 3.8) is 0 Å². The van der Waals surface area contributed by atoms with Gasteiger partial charge in [-0.05, 0) is 37.7 Å². The highest BCUT2D eigenvalue weighted by molar-refractivity contribution is 5.75. The van der Waals surface area contributed by atoms with Gasteiger partial charge in [0.25, 0.3) is 0 Å². The van der Waals surface area contributed by atoms with E-state index < -0.39 is 0 Å². The fraction of sp³-hybridized carbons (Fsp3) is 0.632. The summed E-state index contributed by atoms with van der Waals surface area (Å²) in [7, 11) is 2.15. The van der Waals surface area contributed by atoms with Gasteiger partial charge in [-0.2, -0.15) is 0 Å². The second kappa shape index (κ2) is 8.68. The van der Waals surface area contributed by atoms with Crippen molar-refractivity contribution in [2.75, 3.05) is 52.9 Å². The van der Waals surface area contributed by atoms with Crippen molar-refractivity contribution in [1.82, 2.24) is 20.0 Å². The summed E-state index contributed by atoms with van der Waals surface area (Å²) in [6.45, 7) is 8.26. The minimum Gasteiger partial charge on any atom is -0.487 e. The summed E-state index contributed by atoms with van der Waals surface area (Å²) in [5.41, 5.74) is 0. The molecule has 1 atom stereocenters. The van der Waals surface area contributed by atoms with Gasteiger partial charge < -0.3 is 19.9 Å². The first kappa shape index (κ1) is 18.9. The van der Waals surface area contributed by atoms with Gasteiger partial charge in [0.2, 0.25) is 0 Å². The molecule has 1 N–H and O–H groups in total. The van der Waals surface area contributed by atoms with Crippen LogP contribution >= 0.6 is 0 Å². The zero-order valence-electron chi connectivity index (χ0n) is 15.7. The standard InChI is InChI=1S/C19H29FN4O2/c1-3-16(23-10-8-22(2)9-11-23)12-21-19(25)24-13-18(14-24)26-17-6-4-15(20)5-7-17/h4-7,16,18H,3,8-14H2,1-2H3,(H,21,25). The zero-order chi connectivity index (χ0) is 18.5. The quantitative estimate of drug-likeness (QED) is 0.833. The molecule has 26 heavy (non-hydrogen) atoms. The molecule has 2 aliphatic rings. The van der Waals surface area contributed by atoms with Gasteiger partial charge in [-0.15, -0.1) is 0 Å². The molecule has 7 heteroatoms. The van der Waals surface area contributed by atoms with Crippen LogP contribution < -0.4 is 10.1 Å². The average Bonchev–Trinajstić information content (AvgIpc) is 2.61. The Morgan fingerprint density at radius 2 is 1.88 bits per heavy atom. The Labute approximate surface area is 154 Å². The van der Waals surface area contributed by atoms with Crippen LogP contribution in [-0.4, -0.2) is 85.7 Å². The molecule has 0 radical (unpaired) electrons. The Hall–Kier alpha value is -1.86. The SMILES string of the molecule is CCC(CNC(=O)N1CC(Oc2ccc(F)cc2)C1)N1CCN(C)CC1. The highest BCUT2D eigenvalue weighted by Crippen LogP contribution is 2.18. The molecule has 2 amide bonds. The number of likely N-dealkylation sites (N-methyl/N-ethyl adjacent to an activating group) is 1. The van der Waals surface area contributed by atoms with E-state index in [-0.39, 0.29) is 18.0 Å². The molecular formula is C19H29FN4O2. The van der Waals surface area contributed by atoms with Crippen molar-refractivity contribution in [3.8, 4) is 5.75 Å². The molecule has 2 saturated heterocycles. The van der Waals surface area contributed by atoms with E-state index >= 15 is 0 Å². The highest BCUT2D eigenvalue weighted by atomic mass is 19.1. The van der Waals surface area contributed by atoms with Crippen LogP contribution in [0.25, 0.3) is 0 Å². The second-order valence-electron chi connectivity index (χ2n) is 7.19. The third kappa shape index (κ3) is 4.86. The number of ether oxygens (including phenoxy) is 1. The molecule has 0 aliphatic carbocycles. The number of urea groups is 1. The summed E-state index contributed by atoms with van der Waals surface area (Å²) in [5.74, 6) is 0.357. The van der Waals surface area contributed by atoms with Crippen LogP contribution in [0.5, 0.6) is 5.75 Å². The number of likely N-dealkylation sites (tertiary alicyclic amines) is 1. The largest absolute Gasteiger partial charge is 0.487 e. The average molecular weight is 364 g/mol. The predicted octanol–water partition coefficient (Wildman–Crippen LogP) is 1.62. The van der Waals surface area contributed by atoms with E-state index in [0.29, 0.717) is 31.4 Å². The van der Waals surface area contributed by atoms with Crippen LogP contribution in [0.2, 0.25) is 0 Å². The van der Waals surface area contributed by atoms with E-state index in [4.69, 9.17) is 4.74 Å². The van der Waals surface area contributed by atoms with Crippen LogP contribution in [0.3, 0.4) is 0 Å². The summed E-state index contributed by atoms with van der Waals surface area (Å²) in [4.78, 5) is 18.9. The maximum atomic E-state index is 12.9. The van der Waals surface area contributed by atoms with Crippen molar-refractivity contribution in [1.29, 1.82) is 0 Å². The molecular weight excluding hydrogens is 335 g/mol. The second-order valence-corrected chi connectivity index (χ2v) is 7.19. The number of halogens is 1. The Kier molecular flexibility index (Phi) is 6.32. The maximum Gasteiger partial charge on any atom is 0.317 e. The smallest absolute Gasteiger partial charge is 0.317 e. The molecule has 0 bridgehead atoms. The summed E-state index contributed by atoms with van der Waals surface area (Å²) in [6.07, 6.45) is 1.01. The maximum absolute atomic E-state index is 12.9. The first-order valence-electron chi connectivity index (χ1n) is 9.42. The lowest BCUT2D eigenvalue weighted by Gasteiger charge is -2.40. The van der Waals surface area contributed by atoms with Gasteiger partial charge in [-0.25, -0.2) is 9.18 Å². The number of carbonyl (C=O) groups is 1. The van der Waals surface area contributed by atoms with Gasteiger partial charge in [0, 0.05) is 38.8 Å². The van der Waals surface area contributed by atoms with E-state index in [1.807, 2.05) is 0 Å². The molecule has 0 saturated carbocycles. The summed E-state index contributed by atoms with van der Waals surface area (Å²) in [6, 6.07) is 6.33. The molecule has 0 aromatic heterocycles. The molecule has 6 nitrogen and oxygen atoms in total. The number of nitrogens with zero attached hydrogens (tertiary/aromatic N) is 3. The molecule has 1 unspecified atom stereocenters. The first-order valence-corrected chi connectivity index (χ1v) is 9.42. The number of hydrogen-bond donors (Lipinski definition) is 1. The Morgan fingerprint density at radius 3 is 2.50 bits per heavy atom. The van der Waals surface area contributed by atoms with Gasteiger partial charge in [0.1, 0.15) is 17.7 Å². The number of piperazine rings is 1. The first-order chi connectivity index (χ1) is 12.5. The normalized spacial score (nSPS) is 20.5. The van der Waals surface area contributed by atoms with Crippen LogP contribution in [0, 0.1) is 5.82 Å². The van der Waals surface area contributed by atoms with E-state index in [9.17, 15) is 9.18 Å². The van der Waals surface area contributed by atoms with Crippen molar-refractivity contribution in [2.24, 2.45) is 0 Å².